The largest absolute Gasteiger partial charge is 0.349 e. The number of aromatic amines is 1. The molecule has 0 atom stereocenters. The van der Waals surface area contributed by atoms with E-state index in [9.17, 15) is 9.59 Å². The van der Waals surface area contributed by atoms with Gasteiger partial charge in [0, 0.05) is 29.7 Å². The lowest BCUT2D eigenvalue weighted by Gasteiger charge is -2.18. The van der Waals surface area contributed by atoms with Crippen molar-refractivity contribution in [3.63, 3.8) is 0 Å². The van der Waals surface area contributed by atoms with E-state index in [0.29, 0.717) is 35.2 Å². The van der Waals surface area contributed by atoms with Gasteiger partial charge in [-0.1, -0.05) is 29.3 Å². The highest BCUT2D eigenvalue weighted by molar-refractivity contribution is 6.35. The third-order valence-corrected chi connectivity index (χ3v) is 5.65. The third-order valence-electron chi connectivity index (χ3n) is 5.07. The monoisotopic (exact) mass is 443 g/mol. The minimum atomic E-state index is -0.688. The molecule has 7 nitrogen and oxygen atoms in total. The van der Waals surface area contributed by atoms with Gasteiger partial charge in [0.05, 0.1) is 11.0 Å². The maximum Gasteiger partial charge on any atom is 0.349 e. The van der Waals surface area contributed by atoms with Crippen LogP contribution in [-0.2, 0) is 13.1 Å². The zero-order valence-corrected chi connectivity index (χ0v) is 17.9. The average molecular weight is 444 g/mol. The topological polar surface area (TPSA) is 92.7 Å². The summed E-state index contributed by atoms with van der Waals surface area (Å²) < 4.78 is 1.86. The molecule has 2 heterocycles. The molecule has 0 bridgehead atoms. The second-order valence-corrected chi connectivity index (χ2v) is 7.99. The number of nitrogens with one attached hydrogen (secondary N) is 2. The van der Waals surface area contributed by atoms with Gasteiger partial charge in [0.2, 0.25) is 0 Å². The molecule has 30 heavy (non-hydrogen) atoms. The van der Waals surface area contributed by atoms with Crippen molar-refractivity contribution < 1.29 is 0 Å². The number of H-pyrrole nitrogens is 1. The SMILES string of the molecule is Cc1cc2nc3c(=O)[nH]c(=O)nc-3n(CCNCc3ccc(Cl)cc3Cl)c2cc1C. The first-order valence-corrected chi connectivity index (χ1v) is 10.2. The van der Waals surface area contributed by atoms with Crippen LogP contribution >= 0.6 is 23.2 Å². The van der Waals surface area contributed by atoms with Crippen LogP contribution in [0.3, 0.4) is 0 Å². The van der Waals surface area contributed by atoms with Crippen LogP contribution < -0.4 is 16.6 Å². The number of aryl methyl sites for hydroxylation is 2. The summed E-state index contributed by atoms with van der Waals surface area (Å²) in [4.78, 5) is 34.8. The molecule has 0 aliphatic carbocycles. The van der Waals surface area contributed by atoms with Crippen molar-refractivity contribution in [3.05, 3.63) is 77.9 Å². The molecule has 0 saturated carbocycles. The molecule has 2 aromatic carbocycles. The van der Waals surface area contributed by atoms with E-state index in [1.165, 1.54) is 0 Å². The van der Waals surface area contributed by atoms with E-state index >= 15 is 0 Å². The van der Waals surface area contributed by atoms with Gasteiger partial charge in [-0.3, -0.25) is 9.78 Å². The molecule has 2 aliphatic heterocycles. The molecular weight excluding hydrogens is 425 g/mol. The summed E-state index contributed by atoms with van der Waals surface area (Å²) in [6.07, 6.45) is 0. The first-order chi connectivity index (χ1) is 14.3. The lowest BCUT2D eigenvalue weighted by molar-refractivity contribution is 0.603. The minimum absolute atomic E-state index is 0.145. The van der Waals surface area contributed by atoms with Crippen molar-refractivity contribution in [1.82, 2.24) is 24.8 Å². The lowest BCUT2D eigenvalue weighted by atomic mass is 10.1. The van der Waals surface area contributed by atoms with E-state index in [1.54, 1.807) is 12.1 Å². The van der Waals surface area contributed by atoms with Crippen LogP contribution in [0.2, 0.25) is 10.0 Å². The van der Waals surface area contributed by atoms with Crippen molar-refractivity contribution in [1.29, 1.82) is 0 Å². The normalized spacial score (nSPS) is 11.5. The molecule has 2 aromatic rings. The highest BCUT2D eigenvalue weighted by Crippen LogP contribution is 2.24. The molecule has 4 rings (SSSR count). The quantitative estimate of drug-likeness (QED) is 0.364. The van der Waals surface area contributed by atoms with Gasteiger partial charge in [-0.25, -0.2) is 9.78 Å². The van der Waals surface area contributed by atoms with Crippen molar-refractivity contribution in [2.75, 3.05) is 6.54 Å². The maximum atomic E-state index is 12.3. The highest BCUT2D eigenvalue weighted by Gasteiger charge is 2.19. The van der Waals surface area contributed by atoms with Gasteiger partial charge in [-0.2, -0.15) is 4.98 Å². The van der Waals surface area contributed by atoms with Crippen LogP contribution in [-0.4, -0.2) is 26.1 Å². The summed E-state index contributed by atoms with van der Waals surface area (Å²) in [6.45, 7) is 5.60. The zero-order chi connectivity index (χ0) is 21.4. The minimum Gasteiger partial charge on any atom is -0.321 e. The molecule has 0 fully saturated rings. The van der Waals surface area contributed by atoms with Gasteiger partial charge in [0.25, 0.3) is 5.56 Å². The number of hydrogen-bond donors (Lipinski definition) is 2. The molecule has 0 saturated heterocycles. The number of nitrogens with zero attached hydrogens (tertiary/aromatic N) is 3. The Kier molecular flexibility index (Phi) is 5.60. The highest BCUT2D eigenvalue weighted by atomic mass is 35.5. The summed E-state index contributed by atoms with van der Waals surface area (Å²) in [5, 5.41) is 4.52. The van der Waals surface area contributed by atoms with E-state index in [0.717, 1.165) is 22.2 Å². The van der Waals surface area contributed by atoms with Gasteiger partial charge in [-0.05, 0) is 54.8 Å². The van der Waals surface area contributed by atoms with Gasteiger partial charge in [0.15, 0.2) is 11.5 Å². The molecular formula is C21H19Cl2N5O2. The standard InChI is InChI=1S/C21H19Cl2N5O2/c1-11-7-16-17(8-12(11)2)28(19-18(25-16)20(29)27-21(30)26-19)6-5-24-10-13-3-4-14(22)9-15(13)23/h3-4,7-9,24H,5-6,10H2,1-2H3,(H,27,29,30). The van der Waals surface area contributed by atoms with Crippen LogP contribution in [0.25, 0.3) is 22.6 Å². The fraction of sp³-hybridized carbons (Fsp3) is 0.238. The predicted octanol–water partition coefficient (Wildman–Crippen LogP) is 3.30. The van der Waals surface area contributed by atoms with Crippen LogP contribution in [0.15, 0.2) is 39.9 Å². The number of hydrogen-bond acceptors (Lipinski definition) is 5. The van der Waals surface area contributed by atoms with Gasteiger partial charge in [0.1, 0.15) is 0 Å². The van der Waals surface area contributed by atoms with Crippen molar-refractivity contribution in [3.8, 4) is 11.5 Å². The van der Waals surface area contributed by atoms with E-state index in [1.807, 2.05) is 36.6 Å². The molecule has 154 valence electrons. The van der Waals surface area contributed by atoms with Crippen molar-refractivity contribution in [2.24, 2.45) is 0 Å². The second kappa shape index (κ2) is 8.18. The molecule has 0 amide bonds. The molecule has 0 aromatic heterocycles. The first kappa shape index (κ1) is 20.5. The molecule has 0 spiro atoms. The van der Waals surface area contributed by atoms with E-state index in [2.05, 4.69) is 20.3 Å². The summed E-state index contributed by atoms with van der Waals surface area (Å²) in [7, 11) is 0. The van der Waals surface area contributed by atoms with Crippen molar-refractivity contribution >= 4 is 34.2 Å². The third kappa shape index (κ3) is 3.96. The Bertz CT molecular complexity index is 1350. The molecule has 0 radical (unpaired) electrons. The number of halogens is 2. The summed E-state index contributed by atoms with van der Waals surface area (Å²) >= 11 is 12.2. The van der Waals surface area contributed by atoms with E-state index in [4.69, 9.17) is 23.2 Å². The fourth-order valence-electron chi connectivity index (χ4n) is 3.36. The van der Waals surface area contributed by atoms with Crippen LogP contribution in [0.4, 0.5) is 0 Å². The van der Waals surface area contributed by atoms with Gasteiger partial charge < -0.3 is 9.88 Å². The number of rotatable bonds is 5. The Balaban J connectivity index is 1.69. The van der Waals surface area contributed by atoms with E-state index in [-0.39, 0.29) is 11.5 Å². The molecule has 2 N–H and O–H groups in total. The smallest absolute Gasteiger partial charge is 0.321 e. The van der Waals surface area contributed by atoms with Crippen LogP contribution in [0, 0.1) is 13.8 Å². The average Bonchev–Trinajstić information content (AvgIpc) is 2.68. The Morgan fingerprint density at radius 3 is 2.60 bits per heavy atom. The first-order valence-electron chi connectivity index (χ1n) is 9.40. The molecule has 2 aliphatic rings. The molecule has 9 heteroatoms. The Morgan fingerprint density at radius 1 is 1.07 bits per heavy atom. The Labute approximate surface area is 182 Å². The van der Waals surface area contributed by atoms with Gasteiger partial charge in [-0.15, -0.1) is 0 Å². The maximum absolute atomic E-state index is 12.3. The Morgan fingerprint density at radius 2 is 1.83 bits per heavy atom. The number of benzene rings is 2. The van der Waals surface area contributed by atoms with Crippen LogP contribution in [0.1, 0.15) is 16.7 Å². The van der Waals surface area contributed by atoms with Crippen LogP contribution in [0.5, 0.6) is 0 Å². The molecule has 0 unspecified atom stereocenters. The van der Waals surface area contributed by atoms with E-state index < -0.39 is 11.2 Å². The Hall–Kier alpha value is -2.74. The van der Waals surface area contributed by atoms with Crippen molar-refractivity contribution in [2.45, 2.75) is 26.9 Å². The number of fused-ring (bicyclic) bond motifs is 2. The fourth-order valence-corrected chi connectivity index (χ4v) is 3.83. The number of aromatic nitrogens is 4. The predicted molar refractivity (Wildman–Crippen MR) is 119 cm³/mol. The lowest BCUT2D eigenvalue weighted by Crippen LogP contribution is -2.30. The summed E-state index contributed by atoms with van der Waals surface area (Å²) in [6, 6.07) is 9.31. The zero-order valence-electron chi connectivity index (χ0n) is 16.4. The summed E-state index contributed by atoms with van der Waals surface area (Å²) in [5.74, 6) is 0.269. The summed E-state index contributed by atoms with van der Waals surface area (Å²) in [5.41, 5.74) is 3.50. The second-order valence-electron chi connectivity index (χ2n) is 7.14. The van der Waals surface area contributed by atoms with Gasteiger partial charge >= 0.3 is 5.69 Å².